The van der Waals surface area contributed by atoms with Gasteiger partial charge in [0.15, 0.2) is 0 Å². The molecule has 1 atom stereocenters. The van der Waals surface area contributed by atoms with Gasteiger partial charge in [-0.25, -0.2) is 0 Å². The van der Waals surface area contributed by atoms with Gasteiger partial charge in [0, 0.05) is 5.92 Å². The summed E-state index contributed by atoms with van der Waals surface area (Å²) in [5.41, 5.74) is 26.9. The quantitative estimate of drug-likeness (QED) is 0.151. The number of benzene rings is 12. The minimum Gasteiger partial charge on any atom is -0.0693 e. The molecule has 1 unspecified atom stereocenters. The van der Waals surface area contributed by atoms with Gasteiger partial charge in [-0.05, 0) is 283 Å². The Kier molecular flexibility index (Phi) is 13.2. The topological polar surface area (TPSA) is 0 Å². The van der Waals surface area contributed by atoms with Gasteiger partial charge in [0.05, 0.1) is 0 Å². The molecule has 5 aliphatic carbocycles. The van der Waals surface area contributed by atoms with Crippen molar-refractivity contribution in [3.8, 4) is 22.3 Å². The van der Waals surface area contributed by atoms with E-state index in [9.17, 15) is 0 Å². The number of hydrogen-bond acceptors (Lipinski definition) is 0. The van der Waals surface area contributed by atoms with Gasteiger partial charge in [0.25, 0.3) is 0 Å². The third-order valence-electron chi connectivity index (χ3n) is 18.4. The van der Waals surface area contributed by atoms with Crippen LogP contribution in [0.1, 0.15) is 97.4 Å². The highest BCUT2D eigenvalue weighted by Crippen LogP contribution is 2.52. The maximum atomic E-state index is 2.44. The van der Waals surface area contributed by atoms with E-state index in [-0.39, 0.29) is 0 Å². The van der Waals surface area contributed by atoms with Crippen molar-refractivity contribution < 1.29 is 0 Å². The van der Waals surface area contributed by atoms with E-state index < -0.39 is 0 Å². The first-order chi connectivity index (χ1) is 40.3. The summed E-state index contributed by atoms with van der Waals surface area (Å²) in [7, 11) is 0. The molecular weight excluding hydrogens is 997 g/mol. The molecule has 0 amide bonds. The molecule has 0 bridgehead atoms. The first-order valence-electron chi connectivity index (χ1n) is 29.9. The molecule has 12 aromatic carbocycles. The second-order valence-corrected chi connectivity index (χ2v) is 24.7. The zero-order valence-corrected chi connectivity index (χ0v) is 49.3. The van der Waals surface area contributed by atoms with Crippen molar-refractivity contribution in [2.45, 2.75) is 87.0 Å². The Bertz CT molecular complexity index is 4710. The van der Waals surface area contributed by atoms with Gasteiger partial charge < -0.3 is 0 Å². The van der Waals surface area contributed by atoms with E-state index in [4.69, 9.17) is 0 Å². The van der Waals surface area contributed by atoms with Crippen LogP contribution in [0.25, 0.3) is 109 Å². The van der Waals surface area contributed by atoms with Crippen molar-refractivity contribution in [1.82, 2.24) is 0 Å². The molecule has 0 N–H and O–H groups in total. The zero-order chi connectivity index (χ0) is 56.6. The van der Waals surface area contributed by atoms with E-state index >= 15 is 0 Å². The predicted molar refractivity (Wildman–Crippen MR) is 362 cm³/mol. The summed E-state index contributed by atoms with van der Waals surface area (Å²) in [6, 6.07) is 72.7. The van der Waals surface area contributed by atoms with Crippen molar-refractivity contribution in [1.29, 1.82) is 0 Å². The van der Waals surface area contributed by atoms with Crippen molar-refractivity contribution in [3.05, 3.63) is 296 Å². The molecule has 12 aromatic rings. The summed E-state index contributed by atoms with van der Waals surface area (Å²) in [5.74, 6) is 0.530. The van der Waals surface area contributed by atoms with Crippen LogP contribution in [0, 0.1) is 27.7 Å². The lowest BCUT2D eigenvalue weighted by molar-refractivity contribution is 0.912. The maximum Gasteiger partial charge on any atom is 0.0142 e. The average Bonchev–Trinajstić information content (AvgIpc) is 3.29. The molecule has 0 fully saturated rings. The third kappa shape index (κ3) is 9.85. The standard InChI is InChI=1S/C40H28.C26H20.C10H12.C7H10/c1-25-35-13-7-5-11-29(35)19-33-21-31(15-17-37(25)33)39-23-27-9-3-4-10-28(27)24-40(39)32-16-18-38-26(2)36-14-8-6-12-30(36)20-34(38)22-32;1-15-3-5-17-9-21-13-26-24-12-20-8-16(2)4-6-18(20)10-22(24)14-25(26)23(21)11-19(17)7-15;1-7-3-9-5-8(2)6-10(9)4-7;1-6-3-4-7(2)5-6/h3-24H,1-2H3;3-13,25H,14H2,1-2H3;3,6H,4-5H2,1-2H3;3-4H,5H2,1-2H3. The van der Waals surface area contributed by atoms with Crippen LogP contribution in [0.3, 0.4) is 0 Å². The third-order valence-corrected chi connectivity index (χ3v) is 18.4. The van der Waals surface area contributed by atoms with Gasteiger partial charge in [-0.15, -0.1) is 0 Å². The highest BCUT2D eigenvalue weighted by atomic mass is 14.4. The highest BCUT2D eigenvalue weighted by molar-refractivity contribution is 6.08. The largest absolute Gasteiger partial charge is 0.0693 e. The lowest BCUT2D eigenvalue weighted by Gasteiger charge is -2.16. The zero-order valence-electron chi connectivity index (χ0n) is 49.3. The summed E-state index contributed by atoms with van der Waals surface area (Å²) >= 11 is 0. The van der Waals surface area contributed by atoms with Gasteiger partial charge >= 0.3 is 0 Å². The molecule has 5 aliphatic rings. The van der Waals surface area contributed by atoms with E-state index in [1.807, 2.05) is 0 Å². The first kappa shape index (κ1) is 52.0. The van der Waals surface area contributed by atoms with Crippen LogP contribution in [0.2, 0.25) is 0 Å². The lowest BCUT2D eigenvalue weighted by Crippen LogP contribution is -1.94. The van der Waals surface area contributed by atoms with Crippen LogP contribution in [-0.2, 0) is 6.42 Å². The summed E-state index contributed by atoms with van der Waals surface area (Å²) < 4.78 is 0. The number of aryl methyl sites for hydroxylation is 4. The fraction of sp³-hybridized carbons (Fsp3) is 0.157. The van der Waals surface area contributed by atoms with Gasteiger partial charge in [0.2, 0.25) is 0 Å². The van der Waals surface area contributed by atoms with E-state index in [1.165, 1.54) is 189 Å². The molecule has 402 valence electrons. The van der Waals surface area contributed by atoms with E-state index in [1.54, 1.807) is 11.1 Å². The van der Waals surface area contributed by atoms with Gasteiger partial charge in [-0.1, -0.05) is 203 Å². The van der Waals surface area contributed by atoms with Gasteiger partial charge in [-0.2, -0.15) is 0 Å². The van der Waals surface area contributed by atoms with E-state index in [2.05, 4.69) is 280 Å². The second kappa shape index (κ2) is 21.0. The molecule has 0 saturated carbocycles. The Labute approximate surface area is 489 Å². The molecule has 0 spiro atoms. The minimum atomic E-state index is 0.530. The molecule has 0 saturated heterocycles. The molecule has 0 nitrogen and oxygen atoms in total. The summed E-state index contributed by atoms with van der Waals surface area (Å²) in [6.45, 7) is 17.6. The highest BCUT2D eigenvalue weighted by Gasteiger charge is 2.34. The Morgan fingerprint density at radius 2 is 0.771 bits per heavy atom. The van der Waals surface area contributed by atoms with Gasteiger partial charge in [0.1, 0.15) is 0 Å². The van der Waals surface area contributed by atoms with E-state index in [0.29, 0.717) is 5.92 Å². The van der Waals surface area contributed by atoms with Crippen LogP contribution >= 0.6 is 0 Å². The Hall–Kier alpha value is -9.10. The predicted octanol–water partition coefficient (Wildman–Crippen LogP) is 23.5. The number of rotatable bonds is 2. The number of allylic oxidation sites excluding steroid dienone is 11. The Morgan fingerprint density at radius 3 is 1.29 bits per heavy atom. The molecule has 0 heterocycles. The van der Waals surface area contributed by atoms with Crippen LogP contribution in [0.4, 0.5) is 0 Å². The van der Waals surface area contributed by atoms with Crippen LogP contribution in [0.5, 0.6) is 0 Å². The fourth-order valence-electron chi connectivity index (χ4n) is 14.2. The number of fused-ring (bicyclic) bond motifs is 12. The number of hydrogen-bond donors (Lipinski definition) is 0. The summed E-state index contributed by atoms with van der Waals surface area (Å²) in [6.07, 6.45) is 16.2. The van der Waals surface area contributed by atoms with Crippen LogP contribution < -0.4 is 0 Å². The summed E-state index contributed by atoms with van der Waals surface area (Å²) in [5, 5.41) is 18.4. The van der Waals surface area contributed by atoms with Crippen molar-refractivity contribution in [2.75, 3.05) is 0 Å². The average molecular weight is 1070 g/mol. The monoisotopic (exact) mass is 1070 g/mol. The molecule has 0 aromatic heterocycles. The second-order valence-electron chi connectivity index (χ2n) is 24.7. The van der Waals surface area contributed by atoms with Crippen molar-refractivity contribution in [2.24, 2.45) is 0 Å². The smallest absolute Gasteiger partial charge is 0.0142 e. The Morgan fingerprint density at radius 1 is 0.313 bits per heavy atom. The van der Waals surface area contributed by atoms with Crippen molar-refractivity contribution in [3.63, 3.8) is 0 Å². The summed E-state index contributed by atoms with van der Waals surface area (Å²) in [4.78, 5) is 0. The minimum absolute atomic E-state index is 0.530. The van der Waals surface area contributed by atoms with Crippen LogP contribution in [0.15, 0.2) is 252 Å². The maximum absolute atomic E-state index is 2.44. The van der Waals surface area contributed by atoms with E-state index in [0.717, 1.165) is 6.42 Å². The van der Waals surface area contributed by atoms with Gasteiger partial charge in [-0.3, -0.25) is 0 Å². The normalized spacial score (nSPS) is 15.5. The van der Waals surface area contributed by atoms with Crippen LogP contribution in [-0.4, -0.2) is 0 Å². The molecule has 17 rings (SSSR count). The van der Waals surface area contributed by atoms with Crippen molar-refractivity contribution >= 4 is 87.1 Å². The first-order valence-corrected chi connectivity index (χ1v) is 29.9. The molecule has 0 heteroatoms. The Balaban J connectivity index is 0.000000120. The molecule has 0 aliphatic heterocycles. The molecule has 0 radical (unpaired) electrons. The lowest BCUT2D eigenvalue weighted by atomic mass is 9.88. The SMILES string of the molecule is CC1=CC2=C(C=C(C)C2)C1.CC1=CC=C(C)C1.Cc1c2ccccc2cc2cc(-c3cc4ccccc4cc3-c3ccc4c(C)c5ccccc5cc4c3)ccc12.Cc1ccc2cc3c(cc2c1)C1=Cc2cc4ccc(C)cc4cc2C1C3. The molecular formula is C83H70. The molecule has 83 heavy (non-hydrogen) atoms. The fourth-order valence-corrected chi connectivity index (χ4v) is 14.2.